The van der Waals surface area contributed by atoms with Crippen LogP contribution in [0, 0.1) is 11.7 Å². The minimum Gasteiger partial charge on any atom is -0.469 e. The molecule has 1 aliphatic rings. The highest BCUT2D eigenvalue weighted by Crippen LogP contribution is 2.36. The normalized spacial score (nSPS) is 23.7. The molecule has 2 unspecified atom stereocenters. The van der Waals surface area contributed by atoms with Gasteiger partial charge in [-0.25, -0.2) is 4.39 Å². The molecule has 0 saturated carbocycles. The lowest BCUT2D eigenvalue weighted by molar-refractivity contribution is -0.145. The topological polar surface area (TPSA) is 52.3 Å². The summed E-state index contributed by atoms with van der Waals surface area (Å²) in [6.45, 7) is 0. The number of methoxy groups -OCH3 is 1. The van der Waals surface area contributed by atoms with E-state index < -0.39 is 12.0 Å². The van der Waals surface area contributed by atoms with Crippen LogP contribution in [-0.2, 0) is 16.0 Å². The van der Waals surface area contributed by atoms with E-state index in [1.807, 2.05) is 0 Å². The van der Waals surface area contributed by atoms with Crippen LogP contribution >= 0.6 is 0 Å². The van der Waals surface area contributed by atoms with Gasteiger partial charge in [0.05, 0.1) is 13.0 Å². The maximum Gasteiger partial charge on any atom is 0.310 e. The molecule has 1 aromatic carbocycles. The van der Waals surface area contributed by atoms with E-state index in [-0.39, 0.29) is 11.8 Å². The minimum atomic E-state index is -0.457. The number of halogens is 1. The third-order valence-electron chi connectivity index (χ3n) is 2.88. The second kappa shape index (κ2) is 3.62. The van der Waals surface area contributed by atoms with Crippen LogP contribution < -0.4 is 5.73 Å². The molecular formula is C11H12FNO2. The maximum absolute atomic E-state index is 13.4. The molecule has 1 aliphatic carbocycles. The molecule has 0 spiro atoms. The van der Waals surface area contributed by atoms with E-state index >= 15 is 0 Å². The molecule has 2 atom stereocenters. The number of carbonyl (C=O) groups is 1. The zero-order valence-electron chi connectivity index (χ0n) is 8.37. The van der Waals surface area contributed by atoms with E-state index in [1.165, 1.54) is 13.2 Å². The highest BCUT2D eigenvalue weighted by atomic mass is 19.1. The van der Waals surface area contributed by atoms with Crippen molar-refractivity contribution in [1.29, 1.82) is 0 Å². The number of esters is 1. The lowest BCUT2D eigenvalue weighted by Crippen LogP contribution is -2.25. The first-order valence-electron chi connectivity index (χ1n) is 4.76. The zero-order chi connectivity index (χ0) is 11.0. The van der Waals surface area contributed by atoms with Gasteiger partial charge in [0.15, 0.2) is 0 Å². The molecule has 2 N–H and O–H groups in total. The van der Waals surface area contributed by atoms with E-state index in [4.69, 9.17) is 5.73 Å². The van der Waals surface area contributed by atoms with Crippen molar-refractivity contribution in [2.24, 2.45) is 11.7 Å². The molecule has 0 heterocycles. The SMILES string of the molecule is COC(=O)C1Cc2c(F)cccc2C1N. The summed E-state index contributed by atoms with van der Waals surface area (Å²) in [7, 11) is 1.31. The molecule has 3 nitrogen and oxygen atoms in total. The van der Waals surface area contributed by atoms with Gasteiger partial charge >= 0.3 is 5.97 Å². The van der Waals surface area contributed by atoms with Crippen molar-refractivity contribution < 1.29 is 13.9 Å². The summed E-state index contributed by atoms with van der Waals surface area (Å²) in [5.41, 5.74) is 7.12. The fraction of sp³-hybridized carbons (Fsp3) is 0.364. The van der Waals surface area contributed by atoms with E-state index in [0.29, 0.717) is 17.5 Å². The third-order valence-corrected chi connectivity index (χ3v) is 2.88. The summed E-state index contributed by atoms with van der Waals surface area (Å²) < 4.78 is 18.0. The van der Waals surface area contributed by atoms with E-state index in [2.05, 4.69) is 4.74 Å². The van der Waals surface area contributed by atoms with E-state index in [1.54, 1.807) is 12.1 Å². The Morgan fingerprint density at radius 2 is 2.33 bits per heavy atom. The largest absolute Gasteiger partial charge is 0.469 e. The first-order valence-corrected chi connectivity index (χ1v) is 4.76. The monoisotopic (exact) mass is 209 g/mol. The van der Waals surface area contributed by atoms with Crippen LogP contribution in [0.1, 0.15) is 17.2 Å². The molecule has 15 heavy (non-hydrogen) atoms. The predicted molar refractivity (Wildman–Crippen MR) is 52.5 cm³/mol. The second-order valence-corrected chi connectivity index (χ2v) is 3.67. The predicted octanol–water partition coefficient (Wildman–Crippen LogP) is 1.17. The quantitative estimate of drug-likeness (QED) is 0.706. The van der Waals surface area contributed by atoms with Crippen LogP contribution in [0.25, 0.3) is 0 Å². The number of benzene rings is 1. The Kier molecular flexibility index (Phi) is 2.44. The summed E-state index contributed by atoms with van der Waals surface area (Å²) >= 11 is 0. The molecule has 4 heteroatoms. The Morgan fingerprint density at radius 1 is 1.60 bits per heavy atom. The van der Waals surface area contributed by atoms with Crippen molar-refractivity contribution in [3.63, 3.8) is 0 Å². The number of ether oxygens (including phenoxy) is 1. The van der Waals surface area contributed by atoms with Crippen LogP contribution in [0.15, 0.2) is 18.2 Å². The van der Waals surface area contributed by atoms with Crippen LogP contribution in [0.5, 0.6) is 0 Å². The number of nitrogens with two attached hydrogens (primary N) is 1. The fourth-order valence-electron chi connectivity index (χ4n) is 2.05. The van der Waals surface area contributed by atoms with Crippen molar-refractivity contribution in [1.82, 2.24) is 0 Å². The zero-order valence-corrected chi connectivity index (χ0v) is 8.37. The van der Waals surface area contributed by atoms with Gasteiger partial charge in [-0.1, -0.05) is 12.1 Å². The number of carbonyl (C=O) groups excluding carboxylic acids is 1. The average Bonchev–Trinajstić information content (AvgIpc) is 2.57. The van der Waals surface area contributed by atoms with Crippen molar-refractivity contribution in [2.75, 3.05) is 7.11 Å². The van der Waals surface area contributed by atoms with Crippen LogP contribution in [0.4, 0.5) is 4.39 Å². The summed E-state index contributed by atoms with van der Waals surface area (Å²) in [6, 6.07) is 4.29. The lowest BCUT2D eigenvalue weighted by atomic mass is 10.0. The standard InChI is InChI=1S/C11H12FNO2/c1-15-11(14)8-5-7-6(10(8)13)3-2-4-9(7)12/h2-4,8,10H,5,13H2,1H3. The molecular weight excluding hydrogens is 197 g/mol. The van der Waals surface area contributed by atoms with Gasteiger partial charge in [0, 0.05) is 6.04 Å². The maximum atomic E-state index is 13.4. The van der Waals surface area contributed by atoms with Gasteiger partial charge < -0.3 is 10.5 Å². The second-order valence-electron chi connectivity index (χ2n) is 3.67. The van der Waals surface area contributed by atoms with Gasteiger partial charge in [-0.3, -0.25) is 4.79 Å². The summed E-state index contributed by atoms with van der Waals surface area (Å²) in [5.74, 6) is -1.13. The van der Waals surface area contributed by atoms with Gasteiger partial charge in [-0.2, -0.15) is 0 Å². The Bertz CT molecular complexity index is 406. The van der Waals surface area contributed by atoms with Gasteiger partial charge in [-0.15, -0.1) is 0 Å². The summed E-state index contributed by atoms with van der Waals surface area (Å²) in [4.78, 5) is 11.4. The van der Waals surface area contributed by atoms with E-state index in [9.17, 15) is 9.18 Å². The minimum absolute atomic E-state index is 0.297. The molecule has 0 bridgehead atoms. The van der Waals surface area contributed by atoms with Crippen molar-refractivity contribution in [2.45, 2.75) is 12.5 Å². The van der Waals surface area contributed by atoms with Gasteiger partial charge in [-0.05, 0) is 23.6 Å². The average molecular weight is 209 g/mol. The highest BCUT2D eigenvalue weighted by molar-refractivity contribution is 5.75. The highest BCUT2D eigenvalue weighted by Gasteiger charge is 2.36. The number of hydrogen-bond donors (Lipinski definition) is 1. The molecule has 0 aromatic heterocycles. The van der Waals surface area contributed by atoms with Crippen LogP contribution in [0.3, 0.4) is 0 Å². The molecule has 2 rings (SSSR count). The molecule has 0 aliphatic heterocycles. The third kappa shape index (κ3) is 1.51. The fourth-order valence-corrected chi connectivity index (χ4v) is 2.05. The number of hydrogen-bond acceptors (Lipinski definition) is 3. The van der Waals surface area contributed by atoms with Gasteiger partial charge in [0.25, 0.3) is 0 Å². The van der Waals surface area contributed by atoms with E-state index in [0.717, 1.165) is 0 Å². The Labute approximate surface area is 87.0 Å². The van der Waals surface area contributed by atoms with Crippen molar-refractivity contribution in [3.8, 4) is 0 Å². The van der Waals surface area contributed by atoms with Crippen LogP contribution in [-0.4, -0.2) is 13.1 Å². The van der Waals surface area contributed by atoms with Gasteiger partial charge in [0.1, 0.15) is 5.82 Å². The Balaban J connectivity index is 2.37. The lowest BCUT2D eigenvalue weighted by Gasteiger charge is -2.12. The van der Waals surface area contributed by atoms with Crippen molar-refractivity contribution >= 4 is 5.97 Å². The number of fused-ring (bicyclic) bond motifs is 1. The summed E-state index contributed by atoms with van der Waals surface area (Å²) in [5, 5.41) is 0. The van der Waals surface area contributed by atoms with Gasteiger partial charge in [0.2, 0.25) is 0 Å². The molecule has 0 fully saturated rings. The molecule has 0 amide bonds. The Hall–Kier alpha value is -1.42. The summed E-state index contributed by atoms with van der Waals surface area (Å²) in [6.07, 6.45) is 0.329. The van der Waals surface area contributed by atoms with Crippen molar-refractivity contribution in [3.05, 3.63) is 35.1 Å². The molecule has 80 valence electrons. The van der Waals surface area contributed by atoms with Crippen LogP contribution in [0.2, 0.25) is 0 Å². The number of rotatable bonds is 1. The molecule has 0 radical (unpaired) electrons. The Morgan fingerprint density at radius 3 is 2.93 bits per heavy atom. The molecule has 0 saturated heterocycles. The first kappa shape index (κ1) is 10.1. The first-order chi connectivity index (χ1) is 7.15. The molecule has 1 aromatic rings. The smallest absolute Gasteiger partial charge is 0.310 e.